The normalized spacial score (nSPS) is 20.3. The molecular formula is C23H22Cl2O2. The van der Waals surface area contributed by atoms with Crippen LogP contribution in [0.15, 0.2) is 65.2 Å². The Morgan fingerprint density at radius 3 is 2.19 bits per heavy atom. The second kappa shape index (κ2) is 8.33. The third-order valence-corrected chi connectivity index (χ3v) is 5.35. The molecular weight excluding hydrogens is 379 g/mol. The largest absolute Gasteiger partial charge is 0.461 e. The molecule has 4 heteroatoms. The first-order chi connectivity index (χ1) is 12.9. The second-order valence-corrected chi connectivity index (χ2v) is 8.38. The summed E-state index contributed by atoms with van der Waals surface area (Å²) in [4.78, 5) is 12.4. The van der Waals surface area contributed by atoms with Gasteiger partial charge in [-0.3, -0.25) is 4.79 Å². The molecule has 0 radical (unpaired) electrons. The minimum absolute atomic E-state index is 0.0282. The van der Waals surface area contributed by atoms with E-state index in [0.717, 1.165) is 16.7 Å². The zero-order valence-corrected chi connectivity index (χ0v) is 16.9. The fourth-order valence-corrected chi connectivity index (χ4v) is 3.57. The molecule has 27 heavy (non-hydrogen) atoms. The van der Waals surface area contributed by atoms with Gasteiger partial charge in [0.05, 0.1) is 5.92 Å². The first kappa shape index (κ1) is 19.7. The van der Waals surface area contributed by atoms with E-state index in [4.69, 9.17) is 27.9 Å². The summed E-state index contributed by atoms with van der Waals surface area (Å²) in [6.45, 7) is 4.30. The molecule has 2 nitrogen and oxygen atoms in total. The van der Waals surface area contributed by atoms with Crippen LogP contribution in [0.2, 0.25) is 0 Å². The smallest absolute Gasteiger partial charge is 0.310 e. The Balaban J connectivity index is 1.54. The number of ether oxygens (including phenoxy) is 1. The third kappa shape index (κ3) is 5.03. The molecule has 1 aliphatic carbocycles. The van der Waals surface area contributed by atoms with Crippen molar-refractivity contribution < 1.29 is 9.53 Å². The van der Waals surface area contributed by atoms with Gasteiger partial charge < -0.3 is 4.74 Å². The summed E-state index contributed by atoms with van der Waals surface area (Å²) in [5, 5.41) is 0. The number of halogens is 2. The lowest BCUT2D eigenvalue weighted by molar-refractivity contribution is -0.147. The van der Waals surface area contributed by atoms with Crippen molar-refractivity contribution in [2.75, 3.05) is 0 Å². The predicted octanol–water partition coefficient (Wildman–Crippen LogP) is 6.49. The number of esters is 1. The van der Waals surface area contributed by atoms with E-state index in [1.807, 2.05) is 56.3 Å². The number of carbonyl (C=O) groups excluding carboxylic acids is 1. The van der Waals surface area contributed by atoms with Gasteiger partial charge in [0, 0.05) is 0 Å². The van der Waals surface area contributed by atoms with E-state index in [1.165, 1.54) is 0 Å². The number of hydrogen-bond donors (Lipinski definition) is 0. The molecule has 2 aromatic carbocycles. The molecule has 3 rings (SSSR count). The number of carbonyl (C=O) groups is 1. The summed E-state index contributed by atoms with van der Waals surface area (Å²) in [6.07, 6.45) is 5.85. The van der Waals surface area contributed by atoms with Gasteiger partial charge in [0.2, 0.25) is 0 Å². The van der Waals surface area contributed by atoms with E-state index >= 15 is 0 Å². The topological polar surface area (TPSA) is 26.3 Å². The average Bonchev–Trinajstić information content (AvgIpc) is 3.19. The summed E-state index contributed by atoms with van der Waals surface area (Å²) in [6, 6.07) is 18.1. The van der Waals surface area contributed by atoms with Gasteiger partial charge in [-0.15, -0.1) is 0 Å². The SMILES string of the molecule is CC1(C)C(C=C(Cl)Cl)C1C(=O)OCc1ccc(/C=C/c2ccccc2)cc1. The Labute approximate surface area is 170 Å². The van der Waals surface area contributed by atoms with E-state index in [2.05, 4.69) is 24.3 Å². The maximum absolute atomic E-state index is 12.4. The molecule has 2 atom stereocenters. The van der Waals surface area contributed by atoms with Crippen molar-refractivity contribution in [3.8, 4) is 0 Å². The molecule has 140 valence electrons. The van der Waals surface area contributed by atoms with Crippen LogP contribution in [0.25, 0.3) is 12.2 Å². The summed E-state index contributed by atoms with van der Waals surface area (Å²) in [7, 11) is 0. The molecule has 0 heterocycles. The Hall–Kier alpha value is -2.03. The van der Waals surface area contributed by atoms with Gasteiger partial charge in [-0.25, -0.2) is 0 Å². The molecule has 0 N–H and O–H groups in total. The molecule has 0 aromatic heterocycles. The van der Waals surface area contributed by atoms with E-state index in [0.29, 0.717) is 0 Å². The van der Waals surface area contributed by atoms with Gasteiger partial charge in [-0.1, -0.05) is 104 Å². The van der Waals surface area contributed by atoms with Gasteiger partial charge in [-0.2, -0.15) is 0 Å². The number of benzene rings is 2. The van der Waals surface area contributed by atoms with Crippen molar-refractivity contribution in [2.45, 2.75) is 20.5 Å². The lowest BCUT2D eigenvalue weighted by Gasteiger charge is -2.06. The maximum Gasteiger partial charge on any atom is 0.310 e. The van der Waals surface area contributed by atoms with Crippen LogP contribution in [0.1, 0.15) is 30.5 Å². The van der Waals surface area contributed by atoms with Crippen molar-refractivity contribution in [3.05, 3.63) is 81.9 Å². The van der Waals surface area contributed by atoms with Gasteiger partial charge in [-0.05, 0) is 34.1 Å². The highest BCUT2D eigenvalue weighted by Crippen LogP contribution is 2.60. The van der Waals surface area contributed by atoms with Gasteiger partial charge in [0.15, 0.2) is 0 Å². The minimum atomic E-state index is -0.205. The highest BCUT2D eigenvalue weighted by atomic mass is 35.5. The van der Waals surface area contributed by atoms with Crippen LogP contribution in [0.5, 0.6) is 0 Å². The van der Waals surface area contributed by atoms with Gasteiger partial charge in [0.25, 0.3) is 0 Å². The summed E-state index contributed by atoms with van der Waals surface area (Å²) in [5.41, 5.74) is 3.04. The standard InChI is InChI=1S/C23H22Cl2O2/c1-23(2)19(14-20(24)25)21(23)22(26)27-15-18-12-10-17(11-13-18)9-8-16-6-4-3-5-7-16/h3-14,19,21H,15H2,1-2H3/b9-8+. The van der Waals surface area contributed by atoms with Gasteiger partial charge in [0.1, 0.15) is 11.1 Å². The summed E-state index contributed by atoms with van der Waals surface area (Å²) >= 11 is 11.5. The highest BCUT2D eigenvalue weighted by molar-refractivity contribution is 6.55. The van der Waals surface area contributed by atoms with Crippen molar-refractivity contribution >= 4 is 41.3 Å². The zero-order chi connectivity index (χ0) is 19.4. The molecule has 1 fully saturated rings. The zero-order valence-electron chi connectivity index (χ0n) is 15.4. The first-order valence-corrected chi connectivity index (χ1v) is 9.65. The molecule has 0 bridgehead atoms. The van der Waals surface area contributed by atoms with E-state index in [9.17, 15) is 4.79 Å². The molecule has 0 saturated heterocycles. The Morgan fingerprint density at radius 2 is 1.59 bits per heavy atom. The second-order valence-electron chi connectivity index (χ2n) is 7.37. The van der Waals surface area contributed by atoms with Crippen LogP contribution >= 0.6 is 23.2 Å². The fraction of sp³-hybridized carbons (Fsp3) is 0.261. The molecule has 0 spiro atoms. The monoisotopic (exact) mass is 400 g/mol. The Bertz CT molecular complexity index is 848. The Kier molecular flexibility index (Phi) is 6.08. The third-order valence-electron chi connectivity index (χ3n) is 5.10. The van der Waals surface area contributed by atoms with Crippen molar-refractivity contribution in [3.63, 3.8) is 0 Å². The lowest BCUT2D eigenvalue weighted by Crippen LogP contribution is -2.10. The average molecular weight is 401 g/mol. The van der Waals surface area contributed by atoms with Gasteiger partial charge >= 0.3 is 5.97 Å². The van der Waals surface area contributed by atoms with E-state index < -0.39 is 0 Å². The fourth-order valence-electron chi connectivity index (χ4n) is 3.30. The van der Waals surface area contributed by atoms with Crippen molar-refractivity contribution in [1.82, 2.24) is 0 Å². The summed E-state index contributed by atoms with van der Waals surface area (Å²) < 4.78 is 5.69. The quantitative estimate of drug-likeness (QED) is 0.408. The van der Waals surface area contributed by atoms with Crippen LogP contribution < -0.4 is 0 Å². The van der Waals surface area contributed by atoms with Crippen LogP contribution in [0.3, 0.4) is 0 Å². The highest BCUT2D eigenvalue weighted by Gasteiger charge is 2.61. The molecule has 2 aromatic rings. The summed E-state index contributed by atoms with van der Waals surface area (Å²) in [5.74, 6) is -0.373. The van der Waals surface area contributed by atoms with Crippen LogP contribution in [-0.4, -0.2) is 5.97 Å². The molecule has 0 amide bonds. The maximum atomic E-state index is 12.4. The van der Waals surface area contributed by atoms with E-state index in [1.54, 1.807) is 6.08 Å². The number of allylic oxidation sites excluding steroid dienone is 1. The van der Waals surface area contributed by atoms with Crippen molar-refractivity contribution in [1.29, 1.82) is 0 Å². The van der Waals surface area contributed by atoms with Crippen LogP contribution in [0.4, 0.5) is 0 Å². The number of rotatable bonds is 6. The lowest BCUT2D eigenvalue weighted by atomic mass is 10.1. The predicted molar refractivity (Wildman–Crippen MR) is 112 cm³/mol. The first-order valence-electron chi connectivity index (χ1n) is 8.89. The molecule has 1 saturated carbocycles. The Morgan fingerprint density at radius 1 is 1.00 bits per heavy atom. The van der Waals surface area contributed by atoms with Crippen LogP contribution in [-0.2, 0) is 16.1 Å². The van der Waals surface area contributed by atoms with Crippen LogP contribution in [0, 0.1) is 17.3 Å². The molecule has 2 unspecified atom stereocenters. The minimum Gasteiger partial charge on any atom is -0.461 e. The number of hydrogen-bond acceptors (Lipinski definition) is 2. The van der Waals surface area contributed by atoms with Crippen molar-refractivity contribution in [2.24, 2.45) is 17.3 Å². The molecule has 1 aliphatic rings. The van der Waals surface area contributed by atoms with E-state index in [-0.39, 0.29) is 34.3 Å². The molecule has 0 aliphatic heterocycles.